The molecule has 15 heavy (non-hydrogen) atoms. The van der Waals surface area contributed by atoms with Crippen LogP contribution < -0.4 is 4.90 Å². The second kappa shape index (κ2) is 5.32. The van der Waals surface area contributed by atoms with Crippen LogP contribution in [0.1, 0.15) is 17.3 Å². The zero-order chi connectivity index (χ0) is 11.3. The summed E-state index contributed by atoms with van der Waals surface area (Å²) in [6.07, 6.45) is 7.16. The molecular formula is C10H10ClN3O. The Kier molecular flexibility index (Phi) is 4.07. The first-order chi connectivity index (χ1) is 7.24. The quantitative estimate of drug-likeness (QED) is 0.440. The van der Waals surface area contributed by atoms with Gasteiger partial charge in [-0.2, -0.15) is 0 Å². The van der Waals surface area contributed by atoms with Crippen molar-refractivity contribution in [3.63, 3.8) is 0 Å². The molecule has 1 aromatic heterocycles. The highest BCUT2D eigenvalue weighted by Gasteiger charge is 2.13. The second-order valence-electron chi connectivity index (χ2n) is 2.74. The van der Waals surface area contributed by atoms with Crippen molar-refractivity contribution in [2.24, 2.45) is 0 Å². The summed E-state index contributed by atoms with van der Waals surface area (Å²) in [7, 11) is 0. The summed E-state index contributed by atoms with van der Waals surface area (Å²) in [5, 5.41) is 0.144. The van der Waals surface area contributed by atoms with Crippen molar-refractivity contribution in [1.82, 2.24) is 9.97 Å². The van der Waals surface area contributed by atoms with E-state index in [4.69, 9.17) is 18.0 Å². The molecule has 0 spiro atoms. The highest BCUT2D eigenvalue weighted by atomic mass is 35.5. The summed E-state index contributed by atoms with van der Waals surface area (Å²) >= 11 is 5.77. The van der Waals surface area contributed by atoms with Gasteiger partial charge in [0.1, 0.15) is 17.3 Å². The predicted octanol–water partition coefficient (Wildman–Crippen LogP) is 1.40. The number of carbonyl (C=O) groups is 1. The van der Waals surface area contributed by atoms with Gasteiger partial charge in [-0.3, -0.25) is 4.79 Å². The Labute approximate surface area is 93.3 Å². The monoisotopic (exact) mass is 223 g/mol. The van der Waals surface area contributed by atoms with Gasteiger partial charge in [0.25, 0.3) is 0 Å². The molecule has 0 atom stereocenters. The number of carbonyl (C=O) groups excluding carboxylic acids is 1. The smallest absolute Gasteiger partial charge is 0.156 e. The first-order valence-electron chi connectivity index (χ1n) is 4.38. The van der Waals surface area contributed by atoms with Gasteiger partial charge < -0.3 is 4.90 Å². The van der Waals surface area contributed by atoms with E-state index in [9.17, 15) is 4.79 Å². The molecule has 0 bridgehead atoms. The molecule has 0 amide bonds. The van der Waals surface area contributed by atoms with Crippen molar-refractivity contribution in [3.05, 3.63) is 17.0 Å². The Morgan fingerprint density at radius 3 is 2.93 bits per heavy atom. The van der Waals surface area contributed by atoms with Gasteiger partial charge in [0.2, 0.25) is 0 Å². The van der Waals surface area contributed by atoms with E-state index >= 15 is 0 Å². The van der Waals surface area contributed by atoms with E-state index in [0.717, 1.165) is 0 Å². The van der Waals surface area contributed by atoms with Crippen molar-refractivity contribution in [1.29, 1.82) is 0 Å². The van der Waals surface area contributed by atoms with Crippen LogP contribution in [0.3, 0.4) is 0 Å². The molecule has 0 aliphatic carbocycles. The third-order valence-electron chi connectivity index (χ3n) is 1.90. The zero-order valence-electron chi connectivity index (χ0n) is 8.27. The number of hydrogen-bond acceptors (Lipinski definition) is 4. The number of nitrogens with zero attached hydrogens (tertiary/aromatic N) is 3. The van der Waals surface area contributed by atoms with Crippen LogP contribution in [0.25, 0.3) is 0 Å². The molecular weight excluding hydrogens is 214 g/mol. The van der Waals surface area contributed by atoms with Gasteiger partial charge >= 0.3 is 0 Å². The number of aromatic nitrogens is 2. The fourth-order valence-corrected chi connectivity index (χ4v) is 1.34. The molecule has 0 saturated heterocycles. The van der Waals surface area contributed by atoms with Crippen molar-refractivity contribution < 1.29 is 4.79 Å². The predicted molar refractivity (Wildman–Crippen MR) is 59.1 cm³/mol. The van der Waals surface area contributed by atoms with E-state index in [0.29, 0.717) is 25.2 Å². The Morgan fingerprint density at radius 1 is 1.67 bits per heavy atom. The minimum atomic E-state index is 0.144. The van der Waals surface area contributed by atoms with Crippen LogP contribution in [0.2, 0.25) is 5.15 Å². The Morgan fingerprint density at radius 2 is 2.40 bits per heavy atom. The maximum Gasteiger partial charge on any atom is 0.156 e. The van der Waals surface area contributed by atoms with E-state index in [2.05, 4.69) is 15.9 Å². The average molecular weight is 224 g/mol. The molecule has 0 aromatic carbocycles. The molecule has 0 fully saturated rings. The molecule has 0 aliphatic heterocycles. The largest absolute Gasteiger partial charge is 0.345 e. The Bertz CT molecular complexity index is 400. The Hall–Kier alpha value is -1.60. The number of rotatable bonds is 4. The number of anilines is 1. The summed E-state index contributed by atoms with van der Waals surface area (Å²) in [6.45, 7) is 2.95. The fraction of sp³-hybridized carbons (Fsp3) is 0.300. The lowest BCUT2D eigenvalue weighted by Gasteiger charge is -2.20. The molecule has 1 heterocycles. The van der Waals surface area contributed by atoms with Gasteiger partial charge in [-0.15, -0.1) is 6.42 Å². The molecule has 78 valence electrons. The van der Waals surface area contributed by atoms with E-state index in [-0.39, 0.29) is 10.7 Å². The molecule has 0 unspecified atom stereocenters. The highest BCUT2D eigenvalue weighted by Crippen LogP contribution is 2.20. The first-order valence-corrected chi connectivity index (χ1v) is 4.76. The fourth-order valence-electron chi connectivity index (χ4n) is 1.17. The van der Waals surface area contributed by atoms with E-state index in [1.54, 1.807) is 4.90 Å². The first kappa shape index (κ1) is 11.5. The maximum atomic E-state index is 10.8. The van der Waals surface area contributed by atoms with Gasteiger partial charge in [-0.25, -0.2) is 9.97 Å². The molecule has 0 N–H and O–H groups in total. The summed E-state index contributed by atoms with van der Waals surface area (Å²) in [4.78, 5) is 20.3. The van der Waals surface area contributed by atoms with Crippen molar-refractivity contribution in [2.75, 3.05) is 18.0 Å². The highest BCUT2D eigenvalue weighted by molar-refractivity contribution is 6.32. The SMILES string of the molecule is C#CCN(CC)c1ncnc(Cl)c1C=O. The minimum absolute atomic E-state index is 0.144. The molecule has 1 rings (SSSR count). The van der Waals surface area contributed by atoms with Crippen LogP contribution in [-0.4, -0.2) is 29.3 Å². The van der Waals surface area contributed by atoms with E-state index in [1.165, 1.54) is 6.33 Å². The van der Waals surface area contributed by atoms with Crippen molar-refractivity contribution in [2.45, 2.75) is 6.92 Å². The molecule has 0 radical (unpaired) electrons. The van der Waals surface area contributed by atoms with Crippen LogP contribution in [0.5, 0.6) is 0 Å². The van der Waals surface area contributed by atoms with Crippen LogP contribution in [0, 0.1) is 12.3 Å². The van der Waals surface area contributed by atoms with E-state index in [1.807, 2.05) is 6.92 Å². The van der Waals surface area contributed by atoms with Crippen LogP contribution in [0.15, 0.2) is 6.33 Å². The van der Waals surface area contributed by atoms with Gasteiger partial charge in [0.15, 0.2) is 6.29 Å². The second-order valence-corrected chi connectivity index (χ2v) is 3.10. The normalized spacial score (nSPS) is 9.40. The molecule has 4 nitrogen and oxygen atoms in total. The van der Waals surface area contributed by atoms with Gasteiger partial charge in [-0.05, 0) is 6.92 Å². The third kappa shape index (κ3) is 2.45. The van der Waals surface area contributed by atoms with Crippen molar-refractivity contribution >= 4 is 23.7 Å². The molecule has 0 saturated carbocycles. The lowest BCUT2D eigenvalue weighted by Crippen LogP contribution is -2.25. The van der Waals surface area contributed by atoms with Crippen LogP contribution >= 0.6 is 11.6 Å². The van der Waals surface area contributed by atoms with Gasteiger partial charge in [0.05, 0.1) is 12.1 Å². The number of halogens is 1. The van der Waals surface area contributed by atoms with Gasteiger partial charge in [-0.1, -0.05) is 17.5 Å². The third-order valence-corrected chi connectivity index (χ3v) is 2.20. The van der Waals surface area contributed by atoms with Crippen LogP contribution in [0.4, 0.5) is 5.82 Å². The lowest BCUT2D eigenvalue weighted by molar-refractivity contribution is 0.112. The number of terminal acetylenes is 1. The average Bonchev–Trinajstić information content (AvgIpc) is 2.25. The summed E-state index contributed by atoms with van der Waals surface area (Å²) in [5.74, 6) is 2.97. The minimum Gasteiger partial charge on any atom is -0.345 e. The Balaban J connectivity index is 3.17. The molecule has 1 aromatic rings. The van der Waals surface area contributed by atoms with E-state index < -0.39 is 0 Å². The van der Waals surface area contributed by atoms with Crippen molar-refractivity contribution in [3.8, 4) is 12.3 Å². The maximum absolute atomic E-state index is 10.8. The number of aldehydes is 1. The van der Waals surface area contributed by atoms with Gasteiger partial charge in [0, 0.05) is 6.54 Å². The zero-order valence-corrected chi connectivity index (χ0v) is 9.03. The lowest BCUT2D eigenvalue weighted by atomic mass is 10.3. The molecule has 0 aliphatic rings. The standard InChI is InChI=1S/C10H10ClN3O/c1-3-5-14(4-2)10-8(6-15)9(11)12-7-13-10/h1,6-7H,4-5H2,2H3. The number of hydrogen-bond donors (Lipinski definition) is 0. The summed E-state index contributed by atoms with van der Waals surface area (Å²) in [5.41, 5.74) is 0.274. The van der Waals surface area contributed by atoms with Crippen LogP contribution in [-0.2, 0) is 0 Å². The molecule has 5 heteroatoms. The topological polar surface area (TPSA) is 46.1 Å². The summed E-state index contributed by atoms with van der Waals surface area (Å²) in [6, 6.07) is 0. The summed E-state index contributed by atoms with van der Waals surface area (Å²) < 4.78 is 0.